The van der Waals surface area contributed by atoms with E-state index in [2.05, 4.69) is 5.32 Å². The molecule has 1 amide bonds. The van der Waals surface area contributed by atoms with Crippen LogP contribution in [-0.4, -0.2) is 11.0 Å². The second-order valence-corrected chi connectivity index (χ2v) is 4.70. The van der Waals surface area contributed by atoms with Gasteiger partial charge in [-0.2, -0.15) is 0 Å². The van der Waals surface area contributed by atoms with Gasteiger partial charge in [0.15, 0.2) is 0 Å². The number of aryl methyl sites for hydroxylation is 1. The first-order valence-corrected chi connectivity index (χ1v) is 6.33. The van der Waals surface area contributed by atoms with Crippen molar-refractivity contribution in [1.29, 1.82) is 0 Å². The molecule has 0 saturated carbocycles. The van der Waals surface area contributed by atoms with E-state index in [1.54, 1.807) is 44.2 Å². The molecule has 2 aromatic rings. The van der Waals surface area contributed by atoms with Gasteiger partial charge in [-0.1, -0.05) is 29.8 Å². The number of nitrogens with one attached hydrogen (secondary N) is 1. The smallest absolute Gasteiger partial charge is 0.258 e. The second kappa shape index (κ2) is 5.84. The van der Waals surface area contributed by atoms with Gasteiger partial charge in [-0.15, -0.1) is 0 Å². The molecule has 4 heteroatoms. The number of aliphatic hydroxyl groups excluding tert-OH is 1. The van der Waals surface area contributed by atoms with Gasteiger partial charge in [-0.25, -0.2) is 4.39 Å². The number of benzene rings is 2. The fraction of sp³-hybridized carbons (Fsp3) is 0.188. The number of anilines is 1. The van der Waals surface area contributed by atoms with Gasteiger partial charge in [-0.05, 0) is 32.0 Å². The molecule has 2 N–H and O–H groups in total. The van der Waals surface area contributed by atoms with Crippen LogP contribution in [0.2, 0.25) is 0 Å². The van der Waals surface area contributed by atoms with Gasteiger partial charge in [0.05, 0.1) is 11.7 Å². The molecule has 2 rings (SSSR count). The average molecular weight is 273 g/mol. The highest BCUT2D eigenvalue weighted by Crippen LogP contribution is 2.23. The van der Waals surface area contributed by atoms with Crippen LogP contribution in [0.15, 0.2) is 42.5 Å². The maximum absolute atomic E-state index is 13.7. The Kier molecular flexibility index (Phi) is 4.15. The maximum atomic E-state index is 13.7. The number of hydrogen-bond acceptors (Lipinski definition) is 2. The van der Waals surface area contributed by atoms with Gasteiger partial charge >= 0.3 is 0 Å². The minimum absolute atomic E-state index is 0.00889. The van der Waals surface area contributed by atoms with Crippen molar-refractivity contribution in [2.45, 2.75) is 20.0 Å². The van der Waals surface area contributed by atoms with Crippen molar-refractivity contribution in [3.63, 3.8) is 0 Å². The summed E-state index contributed by atoms with van der Waals surface area (Å²) in [6.07, 6.45) is -0.714. The molecule has 0 fully saturated rings. The van der Waals surface area contributed by atoms with Gasteiger partial charge < -0.3 is 10.4 Å². The van der Waals surface area contributed by atoms with Crippen LogP contribution in [0.5, 0.6) is 0 Å². The fourth-order valence-electron chi connectivity index (χ4n) is 1.98. The van der Waals surface area contributed by atoms with Crippen molar-refractivity contribution < 1.29 is 14.3 Å². The van der Waals surface area contributed by atoms with E-state index in [1.165, 1.54) is 12.1 Å². The van der Waals surface area contributed by atoms with Crippen LogP contribution >= 0.6 is 0 Å². The van der Waals surface area contributed by atoms with E-state index in [1.807, 2.05) is 0 Å². The first-order chi connectivity index (χ1) is 9.49. The van der Waals surface area contributed by atoms with Crippen LogP contribution in [0.25, 0.3) is 0 Å². The Labute approximate surface area is 117 Å². The molecule has 0 radical (unpaired) electrons. The standard InChI is InChI=1S/C16H16FNO2/c1-10-7-8-14(17)13(9-10)16(20)18-15-6-4-3-5-12(15)11(2)19/h3-9,11,19H,1-2H3,(H,18,20). The SMILES string of the molecule is Cc1ccc(F)c(C(=O)Nc2ccccc2C(C)O)c1. The molecule has 0 aliphatic rings. The summed E-state index contributed by atoms with van der Waals surface area (Å²) >= 11 is 0. The molecular weight excluding hydrogens is 257 g/mol. The summed E-state index contributed by atoms with van der Waals surface area (Å²) in [5, 5.41) is 12.3. The third kappa shape index (κ3) is 3.03. The lowest BCUT2D eigenvalue weighted by Gasteiger charge is -2.13. The van der Waals surface area contributed by atoms with Gasteiger partial charge in [-0.3, -0.25) is 4.79 Å². The molecule has 0 aliphatic heterocycles. The second-order valence-electron chi connectivity index (χ2n) is 4.70. The van der Waals surface area contributed by atoms with Gasteiger partial charge in [0.1, 0.15) is 5.82 Å². The van der Waals surface area contributed by atoms with Crippen LogP contribution in [0.1, 0.15) is 34.5 Å². The van der Waals surface area contributed by atoms with Gasteiger partial charge in [0, 0.05) is 11.3 Å². The third-order valence-corrected chi connectivity index (χ3v) is 3.03. The largest absolute Gasteiger partial charge is 0.389 e. The Hall–Kier alpha value is -2.20. The molecule has 0 saturated heterocycles. The Morgan fingerprint density at radius 2 is 1.95 bits per heavy atom. The van der Waals surface area contributed by atoms with Crippen molar-refractivity contribution in [1.82, 2.24) is 0 Å². The minimum Gasteiger partial charge on any atom is -0.389 e. The molecule has 1 atom stereocenters. The first kappa shape index (κ1) is 14.2. The Morgan fingerprint density at radius 3 is 2.65 bits per heavy atom. The molecule has 0 spiro atoms. The summed E-state index contributed by atoms with van der Waals surface area (Å²) in [5.74, 6) is -1.10. The zero-order chi connectivity index (χ0) is 14.7. The molecular formula is C16H16FNO2. The summed E-state index contributed by atoms with van der Waals surface area (Å²) < 4.78 is 13.7. The zero-order valence-electron chi connectivity index (χ0n) is 11.4. The van der Waals surface area contributed by atoms with Crippen LogP contribution in [0.3, 0.4) is 0 Å². The van der Waals surface area contributed by atoms with E-state index in [-0.39, 0.29) is 5.56 Å². The van der Waals surface area contributed by atoms with Crippen LogP contribution < -0.4 is 5.32 Å². The predicted octanol–water partition coefficient (Wildman–Crippen LogP) is 3.44. The van der Waals surface area contributed by atoms with E-state index >= 15 is 0 Å². The van der Waals surface area contributed by atoms with Gasteiger partial charge in [0.2, 0.25) is 0 Å². The average Bonchev–Trinajstić information content (AvgIpc) is 2.41. The summed E-state index contributed by atoms with van der Waals surface area (Å²) in [5.41, 5.74) is 1.87. The molecule has 0 heterocycles. The topological polar surface area (TPSA) is 49.3 Å². The fourth-order valence-corrected chi connectivity index (χ4v) is 1.98. The van der Waals surface area contributed by atoms with Crippen molar-refractivity contribution >= 4 is 11.6 Å². The highest BCUT2D eigenvalue weighted by Gasteiger charge is 2.14. The van der Waals surface area contributed by atoms with Crippen LogP contribution in [0, 0.1) is 12.7 Å². The lowest BCUT2D eigenvalue weighted by atomic mass is 10.1. The first-order valence-electron chi connectivity index (χ1n) is 6.33. The molecule has 0 aromatic heterocycles. The lowest BCUT2D eigenvalue weighted by Crippen LogP contribution is -2.15. The lowest BCUT2D eigenvalue weighted by molar-refractivity contribution is 0.102. The predicted molar refractivity (Wildman–Crippen MR) is 76.2 cm³/mol. The monoisotopic (exact) mass is 273 g/mol. The molecule has 0 bridgehead atoms. The Bertz CT molecular complexity index is 638. The quantitative estimate of drug-likeness (QED) is 0.900. The molecule has 3 nitrogen and oxygen atoms in total. The third-order valence-electron chi connectivity index (χ3n) is 3.03. The Balaban J connectivity index is 2.31. The Morgan fingerprint density at radius 1 is 1.25 bits per heavy atom. The minimum atomic E-state index is -0.714. The number of rotatable bonds is 3. The van der Waals surface area contributed by atoms with E-state index in [4.69, 9.17) is 0 Å². The number of para-hydroxylation sites is 1. The molecule has 1 unspecified atom stereocenters. The summed E-state index contributed by atoms with van der Waals surface area (Å²) in [4.78, 5) is 12.1. The number of aliphatic hydroxyl groups is 1. The number of amides is 1. The van der Waals surface area contributed by atoms with Gasteiger partial charge in [0.25, 0.3) is 5.91 Å². The van der Waals surface area contributed by atoms with Crippen LogP contribution in [-0.2, 0) is 0 Å². The maximum Gasteiger partial charge on any atom is 0.258 e. The van der Waals surface area contributed by atoms with E-state index < -0.39 is 17.8 Å². The summed E-state index contributed by atoms with van der Waals surface area (Å²) in [7, 11) is 0. The zero-order valence-corrected chi connectivity index (χ0v) is 11.4. The highest BCUT2D eigenvalue weighted by atomic mass is 19.1. The van der Waals surface area contributed by atoms with E-state index in [9.17, 15) is 14.3 Å². The van der Waals surface area contributed by atoms with Crippen molar-refractivity contribution in [3.8, 4) is 0 Å². The molecule has 0 aliphatic carbocycles. The van der Waals surface area contributed by atoms with Crippen molar-refractivity contribution in [2.24, 2.45) is 0 Å². The molecule has 104 valence electrons. The number of hydrogen-bond donors (Lipinski definition) is 2. The van der Waals surface area contributed by atoms with E-state index in [0.717, 1.165) is 5.56 Å². The normalized spacial score (nSPS) is 12.0. The highest BCUT2D eigenvalue weighted by molar-refractivity contribution is 6.05. The number of halogens is 1. The van der Waals surface area contributed by atoms with Crippen LogP contribution in [0.4, 0.5) is 10.1 Å². The molecule has 20 heavy (non-hydrogen) atoms. The van der Waals surface area contributed by atoms with Crippen molar-refractivity contribution in [3.05, 3.63) is 65.0 Å². The van der Waals surface area contributed by atoms with Crippen molar-refractivity contribution in [2.75, 3.05) is 5.32 Å². The number of carbonyl (C=O) groups is 1. The summed E-state index contributed by atoms with van der Waals surface area (Å²) in [6.45, 7) is 3.40. The molecule has 2 aromatic carbocycles. The number of carbonyl (C=O) groups excluding carboxylic acids is 1. The van der Waals surface area contributed by atoms with E-state index in [0.29, 0.717) is 11.3 Å². The summed E-state index contributed by atoms with van der Waals surface area (Å²) in [6, 6.07) is 11.3.